The first-order chi connectivity index (χ1) is 15.5. The number of halogens is 1. The van der Waals surface area contributed by atoms with E-state index < -0.39 is 16.7 Å². The summed E-state index contributed by atoms with van der Waals surface area (Å²) in [4.78, 5) is 35.3. The van der Waals surface area contributed by atoms with Crippen LogP contribution < -0.4 is 10.7 Å². The molecule has 0 saturated heterocycles. The Hall–Kier alpha value is -4.04. The highest BCUT2D eigenvalue weighted by atomic mass is 35.5. The zero-order valence-electron chi connectivity index (χ0n) is 16.8. The van der Waals surface area contributed by atoms with E-state index in [4.69, 9.17) is 11.6 Å². The summed E-state index contributed by atoms with van der Waals surface area (Å²) in [6.45, 7) is -0.285. The molecule has 0 bridgehead atoms. The Bertz CT molecular complexity index is 1100. The number of rotatable bonds is 8. The van der Waals surface area contributed by atoms with Crippen LogP contribution in [-0.2, 0) is 9.59 Å². The van der Waals surface area contributed by atoms with Crippen molar-refractivity contribution in [3.05, 3.63) is 111 Å². The summed E-state index contributed by atoms with van der Waals surface area (Å²) in [6, 6.07) is 22.7. The smallest absolute Gasteiger partial charge is 0.288 e. The molecule has 0 heterocycles. The molecule has 0 aromatic heterocycles. The highest BCUT2D eigenvalue weighted by molar-refractivity contribution is 6.32. The summed E-state index contributed by atoms with van der Waals surface area (Å²) < 4.78 is 0. The molecular formula is C23H19ClN4O4. The second-order valence-electron chi connectivity index (χ2n) is 6.73. The van der Waals surface area contributed by atoms with Crippen molar-refractivity contribution in [2.45, 2.75) is 5.92 Å². The van der Waals surface area contributed by atoms with Gasteiger partial charge in [-0.3, -0.25) is 19.7 Å². The molecule has 0 unspecified atom stereocenters. The molecular weight excluding hydrogens is 432 g/mol. The molecule has 0 saturated carbocycles. The van der Waals surface area contributed by atoms with Crippen molar-refractivity contribution < 1.29 is 14.5 Å². The molecule has 8 nitrogen and oxygen atoms in total. The van der Waals surface area contributed by atoms with E-state index in [0.717, 1.165) is 11.1 Å². The SMILES string of the molecule is O=C(CNC(=O)C(c1ccccc1)c1ccccc1)NN=Cc1ccc(Cl)c([N+](=O)[O-])c1. The maximum absolute atomic E-state index is 12.9. The van der Waals surface area contributed by atoms with Gasteiger partial charge >= 0.3 is 0 Å². The topological polar surface area (TPSA) is 114 Å². The van der Waals surface area contributed by atoms with Crippen molar-refractivity contribution in [2.75, 3.05) is 6.54 Å². The number of hydrogen-bond acceptors (Lipinski definition) is 5. The van der Waals surface area contributed by atoms with E-state index in [1.54, 1.807) is 0 Å². The molecule has 3 rings (SSSR count). The predicted molar refractivity (Wildman–Crippen MR) is 122 cm³/mol. The van der Waals surface area contributed by atoms with Crippen molar-refractivity contribution in [3.63, 3.8) is 0 Å². The molecule has 0 aliphatic heterocycles. The zero-order chi connectivity index (χ0) is 22.9. The van der Waals surface area contributed by atoms with Crippen molar-refractivity contribution in [2.24, 2.45) is 5.10 Å². The minimum atomic E-state index is -0.607. The van der Waals surface area contributed by atoms with Gasteiger partial charge < -0.3 is 5.32 Å². The second-order valence-corrected chi connectivity index (χ2v) is 7.14. The molecule has 3 aromatic carbocycles. The molecule has 0 atom stereocenters. The molecule has 0 aliphatic carbocycles. The summed E-state index contributed by atoms with van der Waals surface area (Å²) >= 11 is 5.76. The first-order valence-electron chi connectivity index (χ1n) is 9.59. The lowest BCUT2D eigenvalue weighted by Crippen LogP contribution is -2.37. The lowest BCUT2D eigenvalue weighted by Gasteiger charge is -2.17. The Morgan fingerprint density at radius 3 is 2.16 bits per heavy atom. The van der Waals surface area contributed by atoms with Crippen LogP contribution in [0.5, 0.6) is 0 Å². The van der Waals surface area contributed by atoms with E-state index in [1.165, 1.54) is 24.4 Å². The summed E-state index contributed by atoms with van der Waals surface area (Å²) in [5.74, 6) is -1.43. The number of benzene rings is 3. The van der Waals surface area contributed by atoms with Crippen LogP contribution in [0.4, 0.5) is 5.69 Å². The fourth-order valence-corrected chi connectivity index (χ4v) is 3.21. The summed E-state index contributed by atoms with van der Waals surface area (Å²) in [7, 11) is 0. The van der Waals surface area contributed by atoms with Gasteiger partial charge in [-0.05, 0) is 17.2 Å². The number of hydrazone groups is 1. The van der Waals surface area contributed by atoms with E-state index in [1.807, 2.05) is 60.7 Å². The van der Waals surface area contributed by atoms with E-state index >= 15 is 0 Å². The van der Waals surface area contributed by atoms with E-state index in [2.05, 4.69) is 15.8 Å². The van der Waals surface area contributed by atoms with Gasteiger partial charge in [-0.15, -0.1) is 0 Å². The van der Waals surface area contributed by atoms with E-state index in [9.17, 15) is 19.7 Å². The van der Waals surface area contributed by atoms with Crippen LogP contribution in [0.1, 0.15) is 22.6 Å². The van der Waals surface area contributed by atoms with Gasteiger partial charge in [0.25, 0.3) is 11.6 Å². The number of hydrogen-bond donors (Lipinski definition) is 2. The number of nitrogens with zero attached hydrogens (tertiary/aromatic N) is 2. The molecule has 2 N–H and O–H groups in total. The van der Waals surface area contributed by atoms with Crippen LogP contribution in [-0.4, -0.2) is 29.5 Å². The Morgan fingerprint density at radius 2 is 1.59 bits per heavy atom. The van der Waals surface area contributed by atoms with Crippen LogP contribution in [0.3, 0.4) is 0 Å². The third kappa shape index (κ3) is 5.99. The maximum Gasteiger partial charge on any atom is 0.288 e. The minimum Gasteiger partial charge on any atom is -0.346 e. The molecule has 9 heteroatoms. The monoisotopic (exact) mass is 450 g/mol. The van der Waals surface area contributed by atoms with Crippen molar-refractivity contribution >= 4 is 35.3 Å². The van der Waals surface area contributed by atoms with Crippen molar-refractivity contribution in [1.29, 1.82) is 0 Å². The number of carbonyl (C=O) groups is 2. The average molecular weight is 451 g/mol. The lowest BCUT2D eigenvalue weighted by molar-refractivity contribution is -0.384. The van der Waals surface area contributed by atoms with Gasteiger partial charge in [0.2, 0.25) is 5.91 Å². The van der Waals surface area contributed by atoms with Crippen LogP contribution >= 0.6 is 11.6 Å². The van der Waals surface area contributed by atoms with Gasteiger partial charge in [0.15, 0.2) is 0 Å². The van der Waals surface area contributed by atoms with Crippen LogP contribution in [0.15, 0.2) is 84.0 Å². The first-order valence-corrected chi connectivity index (χ1v) is 9.97. The van der Waals surface area contributed by atoms with Gasteiger partial charge in [0.05, 0.1) is 23.6 Å². The molecule has 0 fully saturated rings. The molecule has 2 amide bonds. The normalized spacial score (nSPS) is 10.8. The standard InChI is InChI=1S/C23H19ClN4O4/c24-19-12-11-16(13-20(19)28(31)32)14-26-27-21(29)15-25-23(30)22(17-7-3-1-4-8-17)18-9-5-2-6-10-18/h1-14,22H,15H2,(H,25,30)(H,27,29). The summed E-state index contributed by atoms with van der Waals surface area (Å²) in [6.07, 6.45) is 1.25. The second kappa shape index (κ2) is 10.8. The van der Waals surface area contributed by atoms with Crippen LogP contribution in [0, 0.1) is 10.1 Å². The molecule has 0 spiro atoms. The van der Waals surface area contributed by atoms with Gasteiger partial charge in [-0.2, -0.15) is 5.10 Å². The number of carbonyl (C=O) groups excluding carboxylic acids is 2. The van der Waals surface area contributed by atoms with Gasteiger partial charge in [0, 0.05) is 11.6 Å². The van der Waals surface area contributed by atoms with Gasteiger partial charge in [0.1, 0.15) is 5.02 Å². The Balaban J connectivity index is 1.61. The zero-order valence-corrected chi connectivity index (χ0v) is 17.5. The number of nitro benzene ring substituents is 1. The van der Waals surface area contributed by atoms with Gasteiger partial charge in [-0.1, -0.05) is 78.3 Å². The quantitative estimate of drug-likeness (QED) is 0.309. The van der Waals surface area contributed by atoms with E-state index in [0.29, 0.717) is 5.56 Å². The Morgan fingerprint density at radius 1 is 1.00 bits per heavy atom. The third-order valence-corrected chi connectivity index (χ3v) is 4.84. The van der Waals surface area contributed by atoms with Crippen LogP contribution in [0.2, 0.25) is 5.02 Å². The average Bonchev–Trinajstić information content (AvgIpc) is 2.80. The predicted octanol–water partition coefficient (Wildman–Crippen LogP) is 3.65. The fraction of sp³-hybridized carbons (Fsp3) is 0.0870. The highest BCUT2D eigenvalue weighted by Crippen LogP contribution is 2.25. The number of nitro groups is 1. The Labute approximate surface area is 189 Å². The lowest BCUT2D eigenvalue weighted by atomic mass is 9.90. The van der Waals surface area contributed by atoms with Gasteiger partial charge in [-0.25, -0.2) is 5.43 Å². The van der Waals surface area contributed by atoms with E-state index in [-0.39, 0.29) is 23.2 Å². The summed E-state index contributed by atoms with van der Waals surface area (Å²) in [5, 5.41) is 17.3. The molecule has 32 heavy (non-hydrogen) atoms. The fourth-order valence-electron chi connectivity index (χ4n) is 3.02. The van der Waals surface area contributed by atoms with Crippen molar-refractivity contribution in [3.8, 4) is 0 Å². The molecule has 0 radical (unpaired) electrons. The van der Waals surface area contributed by atoms with Crippen LogP contribution in [0.25, 0.3) is 0 Å². The molecule has 0 aliphatic rings. The molecule has 162 valence electrons. The minimum absolute atomic E-state index is 0.00489. The largest absolute Gasteiger partial charge is 0.346 e. The Kier molecular flexibility index (Phi) is 7.66. The number of nitrogens with one attached hydrogen (secondary N) is 2. The van der Waals surface area contributed by atoms with Crippen molar-refractivity contribution in [1.82, 2.24) is 10.7 Å². The molecule has 3 aromatic rings. The first kappa shape index (κ1) is 22.6. The summed E-state index contributed by atoms with van der Waals surface area (Å²) in [5.41, 5.74) is 4.02. The number of amides is 2. The maximum atomic E-state index is 12.9. The third-order valence-electron chi connectivity index (χ3n) is 4.52. The highest BCUT2D eigenvalue weighted by Gasteiger charge is 2.22.